The van der Waals surface area contributed by atoms with Crippen molar-refractivity contribution in [3.05, 3.63) is 53.5 Å². The number of nitrogens with one attached hydrogen (secondary N) is 2. The summed E-state index contributed by atoms with van der Waals surface area (Å²) in [6.07, 6.45) is 2.03. The smallest absolute Gasteiger partial charge is 0.319 e. The number of benzene rings is 2. The molecule has 5 nitrogen and oxygen atoms in total. The van der Waals surface area contributed by atoms with E-state index in [1.54, 1.807) is 18.4 Å². The summed E-state index contributed by atoms with van der Waals surface area (Å²) in [5.41, 5.74) is 3.86. The van der Waals surface area contributed by atoms with Crippen LogP contribution in [0.2, 0.25) is 0 Å². The average molecular weight is 396 g/mol. The fourth-order valence-corrected chi connectivity index (χ4v) is 3.77. The molecule has 0 bridgehead atoms. The minimum atomic E-state index is -0.172. The van der Waals surface area contributed by atoms with Crippen molar-refractivity contribution in [1.29, 1.82) is 0 Å². The van der Waals surface area contributed by atoms with Gasteiger partial charge >= 0.3 is 6.03 Å². The lowest BCUT2D eigenvalue weighted by atomic mass is 10.1. The Morgan fingerprint density at radius 3 is 2.39 bits per heavy atom. The maximum absolute atomic E-state index is 11.9. The van der Waals surface area contributed by atoms with E-state index < -0.39 is 0 Å². The number of nitrogens with zero attached hydrogens (tertiary/aromatic N) is 1. The zero-order chi connectivity index (χ0) is 19.9. The van der Waals surface area contributed by atoms with E-state index in [4.69, 9.17) is 9.72 Å². The zero-order valence-corrected chi connectivity index (χ0v) is 17.2. The van der Waals surface area contributed by atoms with Gasteiger partial charge in [0, 0.05) is 17.8 Å². The van der Waals surface area contributed by atoms with Gasteiger partial charge < -0.3 is 15.4 Å². The van der Waals surface area contributed by atoms with Crippen molar-refractivity contribution in [2.45, 2.75) is 26.7 Å². The number of carbonyl (C=O) groups is 1. The first-order valence-electron chi connectivity index (χ1n) is 9.38. The summed E-state index contributed by atoms with van der Waals surface area (Å²) in [5.74, 6) is 0.824. The molecule has 1 aromatic heterocycles. The highest BCUT2D eigenvalue weighted by Gasteiger charge is 2.13. The zero-order valence-electron chi connectivity index (χ0n) is 16.4. The van der Waals surface area contributed by atoms with E-state index in [0.29, 0.717) is 6.54 Å². The Kier molecular flexibility index (Phi) is 6.66. The van der Waals surface area contributed by atoms with Gasteiger partial charge in [-0.2, -0.15) is 0 Å². The van der Waals surface area contributed by atoms with Gasteiger partial charge in [-0.05, 0) is 55.3 Å². The molecule has 0 aliphatic heterocycles. The van der Waals surface area contributed by atoms with Crippen molar-refractivity contribution < 1.29 is 9.53 Å². The van der Waals surface area contributed by atoms with Gasteiger partial charge in [-0.15, -0.1) is 11.3 Å². The molecule has 3 rings (SSSR count). The van der Waals surface area contributed by atoms with Crippen LogP contribution in [0, 0.1) is 6.92 Å². The molecule has 2 N–H and O–H groups in total. The number of anilines is 1. The van der Waals surface area contributed by atoms with Gasteiger partial charge in [0.05, 0.1) is 22.7 Å². The number of amides is 2. The number of methoxy groups -OCH3 is 1. The van der Waals surface area contributed by atoms with Crippen molar-refractivity contribution >= 4 is 23.1 Å². The number of thiazole rings is 1. The van der Waals surface area contributed by atoms with Crippen LogP contribution in [0.15, 0.2) is 48.5 Å². The first-order valence-corrected chi connectivity index (χ1v) is 10.2. The summed E-state index contributed by atoms with van der Waals surface area (Å²) in [6.45, 7) is 4.79. The van der Waals surface area contributed by atoms with Crippen LogP contribution in [0.25, 0.3) is 21.7 Å². The van der Waals surface area contributed by atoms with E-state index in [1.807, 2.05) is 55.5 Å². The molecule has 0 atom stereocenters. The predicted octanol–water partition coefficient (Wildman–Crippen LogP) is 5.72. The standard InChI is InChI=1S/C22H25N3O2S/c1-4-5-14-23-22(26)25-18-10-6-17(7-11-18)21-20(24-15(2)28-21)16-8-12-19(27-3)13-9-16/h6-13H,4-5,14H2,1-3H3,(H2,23,25,26). The fraction of sp³-hybridized carbons (Fsp3) is 0.273. The van der Waals surface area contributed by atoms with E-state index in [9.17, 15) is 4.79 Å². The molecule has 28 heavy (non-hydrogen) atoms. The molecule has 0 unspecified atom stereocenters. The van der Waals surface area contributed by atoms with Crippen molar-refractivity contribution in [2.75, 3.05) is 19.0 Å². The highest BCUT2D eigenvalue weighted by Crippen LogP contribution is 2.37. The normalized spacial score (nSPS) is 10.5. The molecule has 6 heteroatoms. The Labute approximate surface area is 169 Å². The van der Waals surface area contributed by atoms with E-state index in [1.165, 1.54) is 0 Å². The SMILES string of the molecule is CCCCNC(=O)Nc1ccc(-c2sc(C)nc2-c2ccc(OC)cc2)cc1. The molecular formula is C22H25N3O2S. The molecular weight excluding hydrogens is 370 g/mol. The molecule has 0 radical (unpaired) electrons. The molecule has 1 heterocycles. The van der Waals surface area contributed by atoms with Gasteiger partial charge in [0.2, 0.25) is 0 Å². The number of aromatic nitrogens is 1. The number of urea groups is 1. The third-order valence-corrected chi connectivity index (χ3v) is 5.34. The van der Waals surface area contributed by atoms with Crippen LogP contribution >= 0.6 is 11.3 Å². The van der Waals surface area contributed by atoms with Crippen molar-refractivity contribution in [1.82, 2.24) is 10.3 Å². The summed E-state index contributed by atoms with van der Waals surface area (Å²) >= 11 is 1.66. The quantitative estimate of drug-likeness (QED) is 0.503. The Morgan fingerprint density at radius 2 is 1.75 bits per heavy atom. The third-order valence-electron chi connectivity index (χ3n) is 4.32. The van der Waals surface area contributed by atoms with Gasteiger partial charge in [0.15, 0.2) is 0 Å². The maximum atomic E-state index is 11.9. The summed E-state index contributed by atoms with van der Waals surface area (Å²) < 4.78 is 5.24. The minimum Gasteiger partial charge on any atom is -0.497 e. The van der Waals surface area contributed by atoms with Gasteiger partial charge in [0.25, 0.3) is 0 Å². The van der Waals surface area contributed by atoms with Gasteiger partial charge in [-0.25, -0.2) is 9.78 Å². The Morgan fingerprint density at radius 1 is 1.07 bits per heavy atom. The number of aryl methyl sites for hydroxylation is 1. The number of hydrogen-bond acceptors (Lipinski definition) is 4. The predicted molar refractivity (Wildman–Crippen MR) is 116 cm³/mol. The monoisotopic (exact) mass is 395 g/mol. The number of carbonyl (C=O) groups excluding carboxylic acids is 1. The molecule has 3 aromatic rings. The largest absolute Gasteiger partial charge is 0.497 e. The number of unbranched alkanes of at least 4 members (excludes halogenated alkanes) is 1. The minimum absolute atomic E-state index is 0.172. The molecule has 0 saturated carbocycles. The maximum Gasteiger partial charge on any atom is 0.319 e. The highest BCUT2D eigenvalue weighted by molar-refractivity contribution is 7.15. The van der Waals surface area contributed by atoms with Gasteiger partial charge in [-0.1, -0.05) is 25.5 Å². The van der Waals surface area contributed by atoms with E-state index in [-0.39, 0.29) is 6.03 Å². The molecule has 0 spiro atoms. The van der Waals surface area contributed by atoms with E-state index in [2.05, 4.69) is 17.6 Å². The van der Waals surface area contributed by atoms with Crippen molar-refractivity contribution in [3.63, 3.8) is 0 Å². The molecule has 0 aliphatic rings. The average Bonchev–Trinajstić information content (AvgIpc) is 3.10. The highest BCUT2D eigenvalue weighted by atomic mass is 32.1. The molecule has 2 aromatic carbocycles. The Balaban J connectivity index is 1.77. The second kappa shape index (κ2) is 9.37. The lowest BCUT2D eigenvalue weighted by Gasteiger charge is -2.08. The van der Waals surface area contributed by atoms with Crippen LogP contribution in [0.5, 0.6) is 5.75 Å². The molecule has 0 aliphatic carbocycles. The van der Waals surface area contributed by atoms with Gasteiger partial charge in [0.1, 0.15) is 5.75 Å². The van der Waals surface area contributed by atoms with Crippen molar-refractivity contribution in [3.8, 4) is 27.4 Å². The van der Waals surface area contributed by atoms with Crippen LogP contribution in [0.4, 0.5) is 10.5 Å². The van der Waals surface area contributed by atoms with Crippen LogP contribution < -0.4 is 15.4 Å². The van der Waals surface area contributed by atoms with E-state index >= 15 is 0 Å². The first-order chi connectivity index (χ1) is 13.6. The topological polar surface area (TPSA) is 63.2 Å². The molecule has 146 valence electrons. The molecule has 2 amide bonds. The lowest BCUT2D eigenvalue weighted by molar-refractivity contribution is 0.252. The Hall–Kier alpha value is -2.86. The summed E-state index contributed by atoms with van der Waals surface area (Å²) in [6, 6.07) is 15.6. The number of ether oxygens (including phenoxy) is 1. The summed E-state index contributed by atoms with van der Waals surface area (Å²) in [5, 5.41) is 6.73. The van der Waals surface area contributed by atoms with Gasteiger partial charge in [-0.3, -0.25) is 0 Å². The number of rotatable bonds is 7. The summed E-state index contributed by atoms with van der Waals surface area (Å²) in [4.78, 5) is 17.7. The molecule has 0 saturated heterocycles. The van der Waals surface area contributed by atoms with Crippen LogP contribution in [0.3, 0.4) is 0 Å². The lowest BCUT2D eigenvalue weighted by Crippen LogP contribution is -2.29. The third kappa shape index (κ3) is 4.89. The summed E-state index contributed by atoms with van der Waals surface area (Å²) in [7, 11) is 1.66. The fourth-order valence-electron chi connectivity index (χ4n) is 2.83. The second-order valence-corrected chi connectivity index (χ2v) is 7.65. The van der Waals surface area contributed by atoms with Crippen LogP contribution in [-0.2, 0) is 0 Å². The number of hydrogen-bond donors (Lipinski definition) is 2. The van der Waals surface area contributed by atoms with Crippen LogP contribution in [-0.4, -0.2) is 24.7 Å². The first kappa shape index (κ1) is 19.9. The van der Waals surface area contributed by atoms with Crippen molar-refractivity contribution in [2.24, 2.45) is 0 Å². The van der Waals surface area contributed by atoms with E-state index in [0.717, 1.165) is 51.0 Å². The van der Waals surface area contributed by atoms with Crippen LogP contribution in [0.1, 0.15) is 24.8 Å². The molecule has 0 fully saturated rings. The second-order valence-electron chi connectivity index (χ2n) is 6.45. The Bertz CT molecular complexity index is 918.